The molecule has 0 spiro atoms. The fraction of sp³-hybridized carbons (Fsp3) is 0.222. The maximum absolute atomic E-state index is 14.2. The van der Waals surface area contributed by atoms with Gasteiger partial charge >= 0.3 is 12.4 Å². The third kappa shape index (κ3) is 4.29. The molecule has 1 atom stereocenters. The minimum absolute atomic E-state index is 0.186. The third-order valence-electron chi connectivity index (χ3n) is 3.86. The van der Waals surface area contributed by atoms with Crippen LogP contribution in [0.1, 0.15) is 23.6 Å². The summed E-state index contributed by atoms with van der Waals surface area (Å²) in [5.74, 6) is 0. The van der Waals surface area contributed by atoms with Gasteiger partial charge in [0.05, 0.1) is 5.56 Å². The van der Waals surface area contributed by atoms with Crippen LogP contribution in [0.3, 0.4) is 0 Å². The highest BCUT2D eigenvalue weighted by atomic mass is 19.4. The first-order valence-electron chi connectivity index (χ1n) is 7.40. The minimum Gasteiger partial charge on any atom is -0.275 e. The number of hydrogen-bond donors (Lipinski definition) is 0. The van der Waals surface area contributed by atoms with E-state index in [2.05, 4.69) is 6.58 Å². The minimum atomic E-state index is -5.35. The number of benzene rings is 2. The molecular weight excluding hydrogens is 360 g/mol. The second-order valence-electron chi connectivity index (χ2n) is 5.86. The van der Waals surface area contributed by atoms with Gasteiger partial charge in [-0.2, -0.15) is 26.3 Å². The van der Waals surface area contributed by atoms with Crippen molar-refractivity contribution in [3.05, 3.63) is 65.7 Å². The first-order chi connectivity index (χ1) is 11.8. The lowest BCUT2D eigenvalue weighted by molar-refractivity contribution is -0.228. The zero-order valence-electron chi connectivity index (χ0n) is 13.5. The van der Waals surface area contributed by atoms with Crippen LogP contribution in [0, 0.1) is 0 Å². The normalized spacial score (nSPS) is 14.8. The van der Waals surface area contributed by atoms with Crippen LogP contribution in [0.15, 0.2) is 49.0 Å². The lowest BCUT2D eigenvalue weighted by Crippen LogP contribution is -2.37. The van der Waals surface area contributed by atoms with Gasteiger partial charge in [0.1, 0.15) is 0 Å². The van der Waals surface area contributed by atoms with Gasteiger partial charge in [-0.15, -0.1) is 12.1 Å². The molecule has 0 aliphatic heterocycles. The SMILES string of the molecule is C=Cc1ccc([B-]c2cc(C(F)(F)F)cc(C(C)(F)C(F)(F)F)c2)cc1. The molecule has 1 unspecified atom stereocenters. The summed E-state index contributed by atoms with van der Waals surface area (Å²) in [7, 11) is 1.25. The third-order valence-corrected chi connectivity index (χ3v) is 3.86. The van der Waals surface area contributed by atoms with E-state index in [4.69, 9.17) is 0 Å². The van der Waals surface area contributed by atoms with Crippen LogP contribution in [0.25, 0.3) is 6.08 Å². The van der Waals surface area contributed by atoms with E-state index in [-0.39, 0.29) is 18.5 Å². The number of hydrogen-bond acceptors (Lipinski definition) is 0. The Bertz CT molecular complexity index is 787. The molecular formula is C18H13BF7-. The molecule has 0 aromatic heterocycles. The van der Waals surface area contributed by atoms with Crippen LogP contribution < -0.4 is 10.9 Å². The van der Waals surface area contributed by atoms with Crippen LogP contribution in [0.2, 0.25) is 0 Å². The molecule has 2 radical (unpaired) electrons. The highest BCUT2D eigenvalue weighted by Crippen LogP contribution is 2.43. The second kappa shape index (κ2) is 6.81. The molecule has 2 rings (SSSR count). The molecule has 0 saturated heterocycles. The van der Waals surface area contributed by atoms with Gasteiger partial charge in [-0.1, -0.05) is 36.9 Å². The molecule has 0 aliphatic carbocycles. The molecule has 2 aromatic rings. The predicted molar refractivity (Wildman–Crippen MR) is 87.5 cm³/mol. The van der Waals surface area contributed by atoms with Crippen molar-refractivity contribution in [1.82, 2.24) is 0 Å². The van der Waals surface area contributed by atoms with E-state index >= 15 is 0 Å². The Hall–Kier alpha value is -2.25. The van der Waals surface area contributed by atoms with Crippen LogP contribution in [0.5, 0.6) is 0 Å². The largest absolute Gasteiger partial charge is 0.426 e. The van der Waals surface area contributed by atoms with E-state index in [1.807, 2.05) is 0 Å². The smallest absolute Gasteiger partial charge is 0.275 e. The van der Waals surface area contributed by atoms with Crippen molar-refractivity contribution in [2.45, 2.75) is 24.9 Å². The summed E-state index contributed by atoms with van der Waals surface area (Å²) in [4.78, 5) is 0. The van der Waals surface area contributed by atoms with E-state index < -0.39 is 29.1 Å². The summed E-state index contributed by atoms with van der Waals surface area (Å²) in [5.41, 5.74) is -5.34. The molecule has 138 valence electrons. The van der Waals surface area contributed by atoms with Crippen molar-refractivity contribution in [1.29, 1.82) is 0 Å². The summed E-state index contributed by atoms with van der Waals surface area (Å²) in [5, 5.41) is 0. The molecule has 0 heterocycles. The van der Waals surface area contributed by atoms with Gasteiger partial charge in [0.2, 0.25) is 5.67 Å². The average molecular weight is 373 g/mol. The molecule has 0 fully saturated rings. The van der Waals surface area contributed by atoms with E-state index in [1.165, 1.54) is 7.28 Å². The molecule has 2 aromatic carbocycles. The van der Waals surface area contributed by atoms with Gasteiger partial charge in [0, 0.05) is 0 Å². The fourth-order valence-electron chi connectivity index (χ4n) is 2.25. The predicted octanol–water partition coefficient (Wildman–Crippen LogP) is 4.75. The van der Waals surface area contributed by atoms with Crippen molar-refractivity contribution < 1.29 is 30.7 Å². The van der Waals surface area contributed by atoms with Gasteiger partial charge < -0.3 is 0 Å². The van der Waals surface area contributed by atoms with Gasteiger partial charge in [-0.25, -0.2) is 4.39 Å². The monoisotopic (exact) mass is 373 g/mol. The van der Waals surface area contributed by atoms with E-state index in [1.54, 1.807) is 30.3 Å². The molecule has 0 bridgehead atoms. The number of rotatable bonds is 4. The van der Waals surface area contributed by atoms with Crippen molar-refractivity contribution in [3.8, 4) is 0 Å². The standard InChI is InChI=1S/C18H13BF7/c1-3-11-4-6-14(7-5-11)19-15-9-12(16(2,20)18(24,25)26)8-13(10-15)17(21,22)23/h3-10H,1H2,2H3/q-1. The van der Waals surface area contributed by atoms with E-state index in [0.717, 1.165) is 11.6 Å². The summed E-state index contributed by atoms with van der Waals surface area (Å²) >= 11 is 0. The Kier molecular flexibility index (Phi) is 5.26. The fourth-order valence-corrected chi connectivity index (χ4v) is 2.25. The molecule has 0 amide bonds. The van der Waals surface area contributed by atoms with E-state index in [0.29, 0.717) is 11.5 Å². The molecule has 0 N–H and O–H groups in total. The summed E-state index contributed by atoms with van der Waals surface area (Å²) < 4.78 is 92.1. The van der Waals surface area contributed by atoms with Crippen LogP contribution in [0.4, 0.5) is 30.7 Å². The van der Waals surface area contributed by atoms with Gasteiger partial charge in [0.25, 0.3) is 0 Å². The Morgan fingerprint density at radius 1 is 0.808 bits per heavy atom. The highest BCUT2D eigenvalue weighted by Gasteiger charge is 2.53. The average Bonchev–Trinajstić information content (AvgIpc) is 2.53. The molecule has 26 heavy (non-hydrogen) atoms. The summed E-state index contributed by atoms with van der Waals surface area (Å²) in [6.45, 7) is 3.76. The first-order valence-corrected chi connectivity index (χ1v) is 7.40. The lowest BCUT2D eigenvalue weighted by Gasteiger charge is -2.28. The maximum atomic E-state index is 14.2. The molecule has 0 saturated carbocycles. The highest BCUT2D eigenvalue weighted by molar-refractivity contribution is 6.67. The van der Waals surface area contributed by atoms with Crippen molar-refractivity contribution in [2.24, 2.45) is 0 Å². The van der Waals surface area contributed by atoms with Gasteiger partial charge in [-0.3, -0.25) is 18.2 Å². The van der Waals surface area contributed by atoms with Crippen LogP contribution in [-0.4, -0.2) is 13.5 Å². The molecule has 8 heteroatoms. The Labute approximate surface area is 146 Å². The lowest BCUT2D eigenvalue weighted by atomic mass is 9.63. The van der Waals surface area contributed by atoms with Crippen molar-refractivity contribution in [3.63, 3.8) is 0 Å². The van der Waals surface area contributed by atoms with Gasteiger partial charge in [0.15, 0.2) is 0 Å². The van der Waals surface area contributed by atoms with Crippen molar-refractivity contribution in [2.75, 3.05) is 0 Å². The number of alkyl halides is 7. The number of halogens is 7. The Morgan fingerprint density at radius 3 is 1.81 bits per heavy atom. The van der Waals surface area contributed by atoms with Crippen LogP contribution >= 0.6 is 0 Å². The maximum Gasteiger partial charge on any atom is 0.426 e. The Balaban J connectivity index is 2.51. The van der Waals surface area contributed by atoms with Crippen LogP contribution in [-0.2, 0) is 11.8 Å². The quantitative estimate of drug-likeness (QED) is 0.536. The first kappa shape index (κ1) is 20.1. The van der Waals surface area contributed by atoms with E-state index in [9.17, 15) is 30.7 Å². The van der Waals surface area contributed by atoms with Gasteiger partial charge in [-0.05, 0) is 24.1 Å². The van der Waals surface area contributed by atoms with Crippen molar-refractivity contribution >= 4 is 24.3 Å². The topological polar surface area (TPSA) is 0 Å². The summed E-state index contributed by atoms with van der Waals surface area (Å²) in [6.07, 6.45) is -8.70. The Morgan fingerprint density at radius 2 is 1.35 bits per heavy atom. The molecule has 0 aliphatic rings. The second-order valence-corrected chi connectivity index (χ2v) is 5.86. The summed E-state index contributed by atoms with van der Waals surface area (Å²) in [6, 6.07) is 8.04. The molecule has 0 nitrogen and oxygen atoms in total. The zero-order valence-corrected chi connectivity index (χ0v) is 13.5. The zero-order chi connectivity index (χ0) is 19.8.